The molecule has 1 rings (SSSR count). The molecule has 0 atom stereocenters. The third-order valence-corrected chi connectivity index (χ3v) is 3.89. The van der Waals surface area contributed by atoms with Crippen LogP contribution in [0.15, 0.2) is 12.1 Å². The number of anilines is 2. The van der Waals surface area contributed by atoms with E-state index in [0.29, 0.717) is 6.92 Å². The van der Waals surface area contributed by atoms with E-state index >= 15 is 0 Å². The number of nitrogens with zero attached hydrogens (tertiary/aromatic N) is 1. The first-order chi connectivity index (χ1) is 16.6. The van der Waals surface area contributed by atoms with Crippen LogP contribution < -0.4 is 10.6 Å². The van der Waals surface area contributed by atoms with Crippen molar-refractivity contribution in [1.29, 1.82) is 0 Å². The molecule has 38 heavy (non-hydrogen) atoms. The van der Waals surface area contributed by atoms with Crippen molar-refractivity contribution in [2.45, 2.75) is 43.7 Å². The maximum atomic E-state index is 13.7. The molecule has 23 heteroatoms. The van der Waals surface area contributed by atoms with Crippen LogP contribution in [0.5, 0.6) is 0 Å². The van der Waals surface area contributed by atoms with Crippen molar-refractivity contribution in [3.63, 3.8) is 0 Å². The average molecular weight is 591 g/mol. The van der Waals surface area contributed by atoms with Crippen molar-refractivity contribution >= 4 is 28.9 Å². The predicted molar refractivity (Wildman–Crippen MR) is 89.2 cm³/mol. The summed E-state index contributed by atoms with van der Waals surface area (Å²) in [6.45, 7) is 0.472. The molecule has 0 radical (unpaired) electrons. The minimum Gasteiger partial charge on any atom is -0.320 e. The van der Waals surface area contributed by atoms with Gasteiger partial charge in [-0.3, -0.25) is 19.7 Å². The Bertz CT molecular complexity index is 1030. The molecule has 1 aromatic rings. The number of hydrogen-bond acceptors (Lipinski definition) is 6. The van der Waals surface area contributed by atoms with Crippen LogP contribution in [0, 0.1) is 17.0 Å². The Morgan fingerprint density at radius 2 is 1.00 bits per heavy atom. The third kappa shape index (κ3) is 7.29. The van der Waals surface area contributed by atoms with E-state index in [4.69, 9.17) is 0 Å². The van der Waals surface area contributed by atoms with Crippen LogP contribution in [0.25, 0.3) is 0 Å². The van der Waals surface area contributed by atoms with Crippen molar-refractivity contribution in [3.05, 3.63) is 27.8 Å². The van der Waals surface area contributed by atoms with Gasteiger partial charge in [0.2, 0.25) is 0 Å². The fraction of sp³-hybridized carbons (Fsp3) is 0.467. The van der Waals surface area contributed by atoms with Gasteiger partial charge in [0.25, 0.3) is 5.69 Å². The number of nitrogens with one attached hydrogen (secondary N) is 2. The Labute approximate surface area is 197 Å². The van der Waals surface area contributed by atoms with E-state index in [9.17, 15) is 81.2 Å². The lowest BCUT2D eigenvalue weighted by Crippen LogP contribution is -2.53. The first kappa shape index (κ1) is 32.5. The van der Waals surface area contributed by atoms with E-state index in [1.165, 1.54) is 0 Å². The van der Waals surface area contributed by atoms with Gasteiger partial charge in [0.1, 0.15) is 0 Å². The number of nitro benzene ring substituents is 1. The molecule has 9 nitrogen and oxygen atoms in total. The van der Waals surface area contributed by atoms with Gasteiger partial charge >= 0.3 is 48.6 Å². The molecule has 2 amide bonds. The highest BCUT2D eigenvalue weighted by atomic mass is 19.4. The normalized spacial score (nSPS) is 13.8. The highest BCUT2D eigenvalue weighted by Crippen LogP contribution is 2.43. The molecule has 0 spiro atoms. The Balaban J connectivity index is 3.45. The lowest BCUT2D eigenvalue weighted by molar-refractivity contribution is -0.458. The summed E-state index contributed by atoms with van der Waals surface area (Å²) in [5.74, 6) is -19.5. The summed E-state index contributed by atoms with van der Waals surface area (Å²) in [4.78, 5) is 32.6. The van der Waals surface area contributed by atoms with Crippen molar-refractivity contribution in [3.8, 4) is 0 Å². The lowest BCUT2D eigenvalue weighted by atomic mass is 10.1. The van der Waals surface area contributed by atoms with E-state index in [1.807, 2.05) is 9.47 Å². The summed E-state index contributed by atoms with van der Waals surface area (Å²) < 4.78 is 183. The minimum atomic E-state index is -6.59. The van der Waals surface area contributed by atoms with Gasteiger partial charge in [-0.15, -0.1) is 26.3 Å². The number of rotatable bonds is 9. The van der Waals surface area contributed by atoms with Crippen LogP contribution in [0.2, 0.25) is 0 Å². The van der Waals surface area contributed by atoms with Crippen molar-refractivity contribution in [1.82, 2.24) is 0 Å². The van der Waals surface area contributed by atoms with Crippen LogP contribution in [-0.2, 0) is 19.1 Å². The molecule has 2 N–H and O–H groups in total. The maximum Gasteiger partial charge on any atom is 0.527 e. The average Bonchev–Trinajstić information content (AvgIpc) is 2.66. The molecule has 0 fully saturated rings. The fourth-order valence-electron chi connectivity index (χ4n) is 2.15. The van der Waals surface area contributed by atoms with E-state index in [1.54, 1.807) is 0 Å². The second-order valence-corrected chi connectivity index (χ2v) is 6.61. The van der Waals surface area contributed by atoms with Crippen LogP contribution >= 0.6 is 0 Å². The van der Waals surface area contributed by atoms with E-state index in [-0.39, 0.29) is 12.1 Å². The van der Waals surface area contributed by atoms with Gasteiger partial charge in [-0.2, -0.15) is 35.1 Å². The van der Waals surface area contributed by atoms with Crippen LogP contribution in [0.3, 0.4) is 0 Å². The molecule has 0 heterocycles. The van der Waals surface area contributed by atoms with Crippen molar-refractivity contribution in [2.24, 2.45) is 0 Å². The second kappa shape index (κ2) is 9.99. The second-order valence-electron chi connectivity index (χ2n) is 6.61. The molecule has 0 unspecified atom stereocenters. The van der Waals surface area contributed by atoms with E-state index in [2.05, 4.69) is 0 Å². The molecule has 0 aliphatic carbocycles. The van der Waals surface area contributed by atoms with Crippen LogP contribution in [-0.4, -0.2) is 53.5 Å². The zero-order valence-electron chi connectivity index (χ0n) is 17.3. The Morgan fingerprint density at radius 1 is 0.711 bits per heavy atom. The monoisotopic (exact) mass is 591 g/mol. The Kier molecular flexibility index (Phi) is 8.56. The first-order valence-corrected chi connectivity index (χ1v) is 8.61. The molecule has 0 aromatic heterocycles. The summed E-state index contributed by atoms with van der Waals surface area (Å²) in [6, 6.07) is 0.0302. The van der Waals surface area contributed by atoms with Gasteiger partial charge in [-0.1, -0.05) is 0 Å². The number of carbonyl (C=O) groups is 2. The molecule has 1 aromatic carbocycles. The van der Waals surface area contributed by atoms with Crippen LogP contribution in [0.4, 0.5) is 78.5 Å². The van der Waals surface area contributed by atoms with Crippen molar-refractivity contribution < 1.29 is 85.5 Å². The van der Waals surface area contributed by atoms with Gasteiger partial charge in [0.05, 0.1) is 16.3 Å². The zero-order valence-corrected chi connectivity index (χ0v) is 17.3. The molecule has 0 saturated heterocycles. The largest absolute Gasteiger partial charge is 0.527 e. The number of carbonyl (C=O) groups excluding carboxylic acids is 2. The molecule has 0 aliphatic rings. The molecule has 216 valence electrons. The van der Waals surface area contributed by atoms with Gasteiger partial charge in [0, 0.05) is 12.1 Å². The summed E-state index contributed by atoms with van der Waals surface area (Å²) in [6.07, 6.45) is -26.0. The quantitative estimate of drug-likeness (QED) is 0.228. The van der Waals surface area contributed by atoms with E-state index in [0.717, 1.165) is 10.6 Å². The van der Waals surface area contributed by atoms with Crippen molar-refractivity contribution in [2.75, 3.05) is 10.6 Å². The number of alkyl halides is 14. The van der Waals surface area contributed by atoms with Gasteiger partial charge in [-0.05, 0) is 12.5 Å². The number of nitro groups is 1. The first-order valence-electron chi connectivity index (χ1n) is 8.61. The summed E-state index contributed by atoms with van der Waals surface area (Å²) in [7, 11) is 0. The maximum absolute atomic E-state index is 13.7. The van der Waals surface area contributed by atoms with Crippen LogP contribution in [0.1, 0.15) is 5.56 Å². The van der Waals surface area contributed by atoms with E-state index < -0.39 is 76.2 Å². The highest BCUT2D eigenvalue weighted by molar-refractivity contribution is 6.01. The number of ether oxygens (including phenoxy) is 2. The number of non-ortho nitro benzene ring substituents is 1. The SMILES string of the molecule is Cc1c(NC(=O)C(F)(F)C(F)(F)OC(F)(F)F)cc([N+](=O)[O-])cc1NC(=O)C(F)(F)C(F)(F)OC(F)(F)F. The third-order valence-electron chi connectivity index (χ3n) is 3.89. The molecular formula is C15H7F14N3O6. The highest BCUT2D eigenvalue weighted by Gasteiger charge is 2.68. The Morgan fingerprint density at radius 3 is 1.24 bits per heavy atom. The molecule has 0 aliphatic heterocycles. The fourth-order valence-corrected chi connectivity index (χ4v) is 2.15. The standard InChI is InChI=1S/C15H7F14N3O6/c1-4-6(30-8(33)10(16,17)12(20,21)37-14(24,25)26)2-5(32(35)36)3-7(4)31-9(34)11(18,19)13(22,23)38-15(27,28)29/h2-3H,1H3,(H,30,33)(H,31,34). The van der Waals surface area contributed by atoms with Gasteiger partial charge < -0.3 is 10.6 Å². The Hall–Kier alpha value is -3.50. The minimum absolute atomic E-state index is 0.0151. The summed E-state index contributed by atoms with van der Waals surface area (Å²) in [5.41, 5.74) is -5.53. The zero-order chi connectivity index (χ0) is 30.3. The number of hydrogen-bond donors (Lipinski definition) is 2. The number of benzene rings is 1. The molecule has 0 saturated carbocycles. The van der Waals surface area contributed by atoms with Gasteiger partial charge in [-0.25, -0.2) is 9.47 Å². The smallest absolute Gasteiger partial charge is 0.320 e. The lowest BCUT2D eigenvalue weighted by Gasteiger charge is -2.27. The number of amides is 2. The molecular weight excluding hydrogens is 584 g/mol. The molecule has 0 bridgehead atoms. The summed E-state index contributed by atoms with van der Waals surface area (Å²) >= 11 is 0. The van der Waals surface area contributed by atoms with Gasteiger partial charge in [0.15, 0.2) is 0 Å². The number of halogens is 14. The predicted octanol–water partition coefficient (Wildman–Crippen LogP) is 5.31. The summed E-state index contributed by atoms with van der Waals surface area (Å²) in [5, 5.41) is 12.5. The topological polar surface area (TPSA) is 120 Å².